The summed E-state index contributed by atoms with van der Waals surface area (Å²) < 4.78 is 0. The van der Waals surface area contributed by atoms with Crippen LogP contribution in [0, 0.1) is 17.8 Å². The molecule has 1 saturated carbocycles. The molecular formula is C12H19NO. The van der Waals surface area contributed by atoms with Crippen LogP contribution in [0.3, 0.4) is 0 Å². The highest BCUT2D eigenvalue weighted by molar-refractivity contribution is 5.93. The van der Waals surface area contributed by atoms with E-state index in [-0.39, 0.29) is 5.91 Å². The number of carbonyl (C=O) groups is 1. The second-order valence-electron chi connectivity index (χ2n) is 3.97. The summed E-state index contributed by atoms with van der Waals surface area (Å²) in [6.45, 7) is 3.93. The molecule has 0 radical (unpaired) electrons. The van der Waals surface area contributed by atoms with Gasteiger partial charge in [0.25, 0.3) is 5.91 Å². The SMILES string of the molecule is CC#CC(=O)NC1CCC(CC)CC1. The predicted octanol–water partition coefficient (Wildman–Crippen LogP) is 2.09. The molecule has 0 unspecified atom stereocenters. The molecule has 1 aliphatic carbocycles. The molecule has 0 aliphatic heterocycles. The van der Waals surface area contributed by atoms with Crippen LogP contribution in [0.5, 0.6) is 0 Å². The smallest absolute Gasteiger partial charge is 0.296 e. The van der Waals surface area contributed by atoms with Gasteiger partial charge in [0.15, 0.2) is 0 Å². The van der Waals surface area contributed by atoms with Gasteiger partial charge in [-0.2, -0.15) is 0 Å². The molecule has 0 bridgehead atoms. The van der Waals surface area contributed by atoms with Crippen LogP contribution < -0.4 is 5.32 Å². The maximum atomic E-state index is 11.2. The van der Waals surface area contributed by atoms with Crippen LogP contribution in [0.1, 0.15) is 46.0 Å². The van der Waals surface area contributed by atoms with E-state index in [1.54, 1.807) is 6.92 Å². The second kappa shape index (κ2) is 5.70. The first-order chi connectivity index (χ1) is 6.76. The lowest BCUT2D eigenvalue weighted by atomic mass is 9.84. The van der Waals surface area contributed by atoms with Crippen molar-refractivity contribution in [3.8, 4) is 11.8 Å². The van der Waals surface area contributed by atoms with Gasteiger partial charge >= 0.3 is 0 Å². The molecule has 0 heterocycles. The van der Waals surface area contributed by atoms with Crippen molar-refractivity contribution in [1.29, 1.82) is 0 Å². The third kappa shape index (κ3) is 3.41. The topological polar surface area (TPSA) is 29.1 Å². The third-order valence-electron chi connectivity index (χ3n) is 3.00. The Morgan fingerprint density at radius 1 is 1.36 bits per heavy atom. The van der Waals surface area contributed by atoms with Crippen LogP contribution in [-0.4, -0.2) is 11.9 Å². The highest BCUT2D eigenvalue weighted by Gasteiger charge is 2.20. The number of amides is 1. The third-order valence-corrected chi connectivity index (χ3v) is 3.00. The van der Waals surface area contributed by atoms with E-state index in [1.807, 2.05) is 0 Å². The Labute approximate surface area is 86.5 Å². The van der Waals surface area contributed by atoms with Crippen molar-refractivity contribution >= 4 is 5.91 Å². The fourth-order valence-corrected chi connectivity index (χ4v) is 2.05. The van der Waals surface area contributed by atoms with Gasteiger partial charge < -0.3 is 5.32 Å². The van der Waals surface area contributed by atoms with Crippen LogP contribution in [0.15, 0.2) is 0 Å². The number of nitrogens with one attached hydrogen (secondary N) is 1. The summed E-state index contributed by atoms with van der Waals surface area (Å²) >= 11 is 0. The van der Waals surface area contributed by atoms with Gasteiger partial charge in [0, 0.05) is 6.04 Å². The van der Waals surface area contributed by atoms with Gasteiger partial charge in [0.05, 0.1) is 0 Å². The predicted molar refractivity (Wildman–Crippen MR) is 57.6 cm³/mol. The van der Waals surface area contributed by atoms with Crippen molar-refractivity contribution in [2.75, 3.05) is 0 Å². The van der Waals surface area contributed by atoms with E-state index in [9.17, 15) is 4.79 Å². The Hall–Kier alpha value is -0.970. The van der Waals surface area contributed by atoms with Crippen molar-refractivity contribution < 1.29 is 4.79 Å². The molecule has 1 fully saturated rings. The minimum absolute atomic E-state index is 0.118. The fraction of sp³-hybridized carbons (Fsp3) is 0.750. The zero-order chi connectivity index (χ0) is 10.4. The van der Waals surface area contributed by atoms with Crippen LogP contribution in [0.25, 0.3) is 0 Å². The van der Waals surface area contributed by atoms with Gasteiger partial charge in [-0.15, -0.1) is 0 Å². The van der Waals surface area contributed by atoms with Gasteiger partial charge in [-0.3, -0.25) is 4.79 Å². The van der Waals surface area contributed by atoms with Crippen molar-refractivity contribution in [1.82, 2.24) is 5.32 Å². The number of carbonyl (C=O) groups excluding carboxylic acids is 1. The van der Waals surface area contributed by atoms with Gasteiger partial charge in [0.1, 0.15) is 0 Å². The quantitative estimate of drug-likeness (QED) is 0.668. The number of hydrogen-bond acceptors (Lipinski definition) is 1. The molecular weight excluding hydrogens is 174 g/mol. The zero-order valence-corrected chi connectivity index (χ0v) is 9.10. The van der Waals surface area contributed by atoms with E-state index in [2.05, 4.69) is 24.1 Å². The average molecular weight is 193 g/mol. The van der Waals surface area contributed by atoms with Crippen molar-refractivity contribution in [3.05, 3.63) is 0 Å². The van der Waals surface area contributed by atoms with Crippen LogP contribution in [-0.2, 0) is 4.79 Å². The lowest BCUT2D eigenvalue weighted by Crippen LogP contribution is -2.36. The molecule has 0 saturated heterocycles. The van der Waals surface area contributed by atoms with Gasteiger partial charge in [0.2, 0.25) is 0 Å². The Morgan fingerprint density at radius 2 is 2.00 bits per heavy atom. The lowest BCUT2D eigenvalue weighted by molar-refractivity contribution is -0.116. The summed E-state index contributed by atoms with van der Waals surface area (Å²) in [5.41, 5.74) is 0. The van der Waals surface area contributed by atoms with E-state index in [4.69, 9.17) is 0 Å². The van der Waals surface area contributed by atoms with E-state index < -0.39 is 0 Å². The molecule has 1 amide bonds. The number of hydrogen-bond donors (Lipinski definition) is 1. The lowest BCUT2D eigenvalue weighted by Gasteiger charge is -2.27. The summed E-state index contributed by atoms with van der Waals surface area (Å²) in [5, 5.41) is 2.95. The summed E-state index contributed by atoms with van der Waals surface area (Å²) in [6, 6.07) is 0.367. The van der Waals surface area contributed by atoms with Crippen LogP contribution >= 0.6 is 0 Å². The Morgan fingerprint density at radius 3 is 2.50 bits per heavy atom. The van der Waals surface area contributed by atoms with Crippen molar-refractivity contribution in [3.63, 3.8) is 0 Å². The molecule has 0 spiro atoms. The summed E-state index contributed by atoms with van der Waals surface area (Å²) in [5.74, 6) is 5.89. The maximum absolute atomic E-state index is 11.2. The first-order valence-electron chi connectivity index (χ1n) is 5.49. The average Bonchev–Trinajstić information content (AvgIpc) is 2.19. The van der Waals surface area contributed by atoms with E-state index >= 15 is 0 Å². The monoisotopic (exact) mass is 193 g/mol. The molecule has 2 nitrogen and oxygen atoms in total. The van der Waals surface area contributed by atoms with Gasteiger partial charge in [-0.1, -0.05) is 19.3 Å². The molecule has 1 N–H and O–H groups in total. The Balaban J connectivity index is 2.27. The molecule has 78 valence electrons. The largest absolute Gasteiger partial charge is 0.343 e. The molecule has 0 aromatic rings. The van der Waals surface area contributed by atoms with Crippen molar-refractivity contribution in [2.45, 2.75) is 52.0 Å². The van der Waals surface area contributed by atoms with Gasteiger partial charge in [-0.25, -0.2) is 0 Å². The van der Waals surface area contributed by atoms with Crippen LogP contribution in [0.2, 0.25) is 0 Å². The van der Waals surface area contributed by atoms with Crippen LogP contribution in [0.4, 0.5) is 0 Å². The highest BCUT2D eigenvalue weighted by atomic mass is 16.1. The first kappa shape index (κ1) is 11.1. The van der Waals surface area contributed by atoms with E-state index in [1.165, 1.54) is 19.3 Å². The molecule has 1 aliphatic rings. The normalized spacial score (nSPS) is 26.1. The minimum atomic E-state index is -0.118. The molecule has 14 heavy (non-hydrogen) atoms. The van der Waals surface area contributed by atoms with Gasteiger partial charge in [-0.05, 0) is 44.4 Å². The fourth-order valence-electron chi connectivity index (χ4n) is 2.05. The molecule has 0 aromatic heterocycles. The first-order valence-corrected chi connectivity index (χ1v) is 5.49. The minimum Gasteiger partial charge on any atom is -0.343 e. The zero-order valence-electron chi connectivity index (χ0n) is 9.10. The summed E-state index contributed by atoms with van der Waals surface area (Å²) in [6.07, 6.45) is 6.02. The molecule has 0 aromatic carbocycles. The molecule has 0 atom stereocenters. The Bertz CT molecular complexity index is 241. The summed E-state index contributed by atoms with van der Waals surface area (Å²) in [4.78, 5) is 11.2. The van der Waals surface area contributed by atoms with E-state index in [0.717, 1.165) is 18.8 Å². The summed E-state index contributed by atoms with van der Waals surface area (Å²) in [7, 11) is 0. The molecule has 1 rings (SSSR count). The Kier molecular flexibility index (Phi) is 4.52. The van der Waals surface area contributed by atoms with E-state index in [0.29, 0.717) is 6.04 Å². The number of rotatable bonds is 2. The molecule has 2 heteroatoms. The second-order valence-corrected chi connectivity index (χ2v) is 3.97. The highest BCUT2D eigenvalue weighted by Crippen LogP contribution is 2.26. The standard InChI is InChI=1S/C12H19NO/c1-3-5-12(14)13-11-8-6-10(4-2)7-9-11/h10-11H,4,6-9H2,1-2H3,(H,13,14). The van der Waals surface area contributed by atoms with Crippen molar-refractivity contribution in [2.24, 2.45) is 5.92 Å². The maximum Gasteiger partial charge on any atom is 0.296 e.